The van der Waals surface area contributed by atoms with Crippen LogP contribution in [0.3, 0.4) is 0 Å². The molecule has 1 rings (SSSR count). The zero-order chi connectivity index (χ0) is 10.4. The number of nitrogens with one attached hydrogen (secondary N) is 1. The molecule has 0 spiro atoms. The van der Waals surface area contributed by atoms with E-state index in [1.165, 1.54) is 32.1 Å². The summed E-state index contributed by atoms with van der Waals surface area (Å²) in [4.78, 5) is 0. The lowest BCUT2D eigenvalue weighted by atomic mass is 10.0. The van der Waals surface area contributed by atoms with Gasteiger partial charge in [-0.1, -0.05) is 26.7 Å². The van der Waals surface area contributed by atoms with Crippen molar-refractivity contribution >= 4 is 0 Å². The molecule has 84 valence electrons. The molecule has 0 aromatic carbocycles. The third-order valence-electron chi connectivity index (χ3n) is 3.44. The SMILES string of the molecule is CC[C@@H](CO)NC1CCCC(C)CC1. The van der Waals surface area contributed by atoms with Gasteiger partial charge in [-0.15, -0.1) is 0 Å². The van der Waals surface area contributed by atoms with Crippen LogP contribution in [0.4, 0.5) is 0 Å². The second-order valence-electron chi connectivity index (χ2n) is 4.76. The first-order valence-electron chi connectivity index (χ1n) is 6.13. The van der Waals surface area contributed by atoms with Gasteiger partial charge in [-0.25, -0.2) is 0 Å². The average molecular weight is 199 g/mol. The number of hydrogen-bond acceptors (Lipinski definition) is 2. The molecule has 1 aliphatic carbocycles. The standard InChI is InChI=1S/C12H25NO/c1-3-11(9-14)13-12-6-4-5-10(2)7-8-12/h10-14H,3-9H2,1-2H3/t10?,11-,12?/m0/s1. The van der Waals surface area contributed by atoms with E-state index in [4.69, 9.17) is 5.11 Å². The van der Waals surface area contributed by atoms with Gasteiger partial charge in [0, 0.05) is 12.1 Å². The monoisotopic (exact) mass is 199 g/mol. The third-order valence-corrected chi connectivity index (χ3v) is 3.44. The van der Waals surface area contributed by atoms with Gasteiger partial charge in [0.15, 0.2) is 0 Å². The molecule has 1 fully saturated rings. The van der Waals surface area contributed by atoms with Crippen molar-refractivity contribution in [3.63, 3.8) is 0 Å². The molecule has 1 saturated carbocycles. The molecule has 2 unspecified atom stereocenters. The largest absolute Gasteiger partial charge is 0.395 e. The van der Waals surface area contributed by atoms with Gasteiger partial charge in [0.05, 0.1) is 6.61 Å². The van der Waals surface area contributed by atoms with Gasteiger partial charge in [-0.3, -0.25) is 0 Å². The van der Waals surface area contributed by atoms with Crippen LogP contribution >= 0.6 is 0 Å². The van der Waals surface area contributed by atoms with Crippen molar-refractivity contribution in [1.29, 1.82) is 0 Å². The zero-order valence-electron chi connectivity index (χ0n) is 9.63. The Balaban J connectivity index is 2.29. The van der Waals surface area contributed by atoms with Gasteiger partial charge in [0.1, 0.15) is 0 Å². The summed E-state index contributed by atoms with van der Waals surface area (Å²) in [6.45, 7) is 4.77. The Morgan fingerprint density at radius 1 is 1.29 bits per heavy atom. The van der Waals surface area contributed by atoms with Crippen molar-refractivity contribution in [2.24, 2.45) is 5.92 Å². The maximum Gasteiger partial charge on any atom is 0.0584 e. The highest BCUT2D eigenvalue weighted by atomic mass is 16.3. The summed E-state index contributed by atoms with van der Waals surface area (Å²) < 4.78 is 0. The molecule has 0 aliphatic heterocycles. The van der Waals surface area contributed by atoms with E-state index < -0.39 is 0 Å². The molecule has 0 heterocycles. The molecule has 0 aromatic rings. The topological polar surface area (TPSA) is 32.3 Å². The van der Waals surface area contributed by atoms with Gasteiger partial charge in [-0.05, 0) is 31.6 Å². The fourth-order valence-corrected chi connectivity index (χ4v) is 2.29. The molecule has 0 saturated heterocycles. The molecule has 14 heavy (non-hydrogen) atoms. The quantitative estimate of drug-likeness (QED) is 0.681. The highest BCUT2D eigenvalue weighted by Gasteiger charge is 2.17. The smallest absolute Gasteiger partial charge is 0.0584 e. The molecule has 0 radical (unpaired) electrons. The zero-order valence-corrected chi connectivity index (χ0v) is 9.63. The van der Waals surface area contributed by atoms with Crippen LogP contribution in [0.15, 0.2) is 0 Å². The molecule has 2 N–H and O–H groups in total. The first-order chi connectivity index (χ1) is 6.76. The number of hydrogen-bond donors (Lipinski definition) is 2. The Morgan fingerprint density at radius 2 is 2.07 bits per heavy atom. The van der Waals surface area contributed by atoms with Crippen LogP contribution in [0.25, 0.3) is 0 Å². The van der Waals surface area contributed by atoms with Gasteiger partial charge in [-0.2, -0.15) is 0 Å². The van der Waals surface area contributed by atoms with E-state index in [0.717, 1.165) is 12.3 Å². The Bertz CT molecular complexity index is 145. The van der Waals surface area contributed by atoms with Gasteiger partial charge in [0.2, 0.25) is 0 Å². The van der Waals surface area contributed by atoms with Crippen LogP contribution in [0, 0.1) is 5.92 Å². The first-order valence-corrected chi connectivity index (χ1v) is 6.13. The second-order valence-corrected chi connectivity index (χ2v) is 4.76. The highest BCUT2D eigenvalue weighted by molar-refractivity contribution is 4.76. The summed E-state index contributed by atoms with van der Waals surface area (Å²) in [5, 5.41) is 12.7. The maximum atomic E-state index is 9.12. The molecule has 0 amide bonds. The summed E-state index contributed by atoms with van der Waals surface area (Å²) in [7, 11) is 0. The molecule has 3 atom stereocenters. The van der Waals surface area contributed by atoms with Crippen LogP contribution in [0.1, 0.15) is 52.4 Å². The molecule has 2 heteroatoms. The van der Waals surface area contributed by atoms with E-state index in [-0.39, 0.29) is 6.61 Å². The summed E-state index contributed by atoms with van der Waals surface area (Å²) >= 11 is 0. The van der Waals surface area contributed by atoms with Crippen LogP contribution in [-0.4, -0.2) is 23.8 Å². The molecule has 2 nitrogen and oxygen atoms in total. The number of aliphatic hydroxyl groups excluding tert-OH is 1. The summed E-state index contributed by atoms with van der Waals surface area (Å²) in [5.74, 6) is 0.899. The van der Waals surface area contributed by atoms with Crippen LogP contribution < -0.4 is 5.32 Å². The lowest BCUT2D eigenvalue weighted by Crippen LogP contribution is -2.39. The van der Waals surface area contributed by atoms with E-state index in [1.54, 1.807) is 0 Å². The summed E-state index contributed by atoms with van der Waals surface area (Å²) in [6.07, 6.45) is 7.69. The predicted octanol–water partition coefficient (Wildman–Crippen LogP) is 2.32. The van der Waals surface area contributed by atoms with Crippen molar-refractivity contribution in [3.8, 4) is 0 Å². The fraction of sp³-hybridized carbons (Fsp3) is 1.00. The van der Waals surface area contributed by atoms with Crippen molar-refractivity contribution < 1.29 is 5.11 Å². The third kappa shape index (κ3) is 3.97. The van der Waals surface area contributed by atoms with Gasteiger partial charge in [0.25, 0.3) is 0 Å². The predicted molar refractivity (Wildman–Crippen MR) is 60.3 cm³/mol. The van der Waals surface area contributed by atoms with Gasteiger partial charge < -0.3 is 10.4 Å². The molecular formula is C12H25NO. The fourth-order valence-electron chi connectivity index (χ4n) is 2.29. The molecule has 1 aliphatic rings. The molecule has 0 aromatic heterocycles. The Labute approximate surface area is 88.1 Å². The van der Waals surface area contributed by atoms with E-state index >= 15 is 0 Å². The van der Waals surface area contributed by atoms with E-state index in [1.807, 2.05) is 0 Å². The van der Waals surface area contributed by atoms with Crippen LogP contribution in [0.2, 0.25) is 0 Å². The minimum atomic E-state index is 0.280. The summed E-state index contributed by atoms with van der Waals surface area (Å²) in [5.41, 5.74) is 0. The minimum absolute atomic E-state index is 0.280. The van der Waals surface area contributed by atoms with E-state index in [9.17, 15) is 0 Å². The maximum absolute atomic E-state index is 9.12. The van der Waals surface area contributed by atoms with Crippen molar-refractivity contribution in [1.82, 2.24) is 5.32 Å². The summed E-state index contributed by atoms with van der Waals surface area (Å²) in [6, 6.07) is 0.963. The first kappa shape index (κ1) is 12.0. The van der Waals surface area contributed by atoms with Gasteiger partial charge >= 0.3 is 0 Å². The van der Waals surface area contributed by atoms with Crippen molar-refractivity contribution in [2.45, 2.75) is 64.5 Å². The van der Waals surface area contributed by atoms with Crippen LogP contribution in [-0.2, 0) is 0 Å². The number of aliphatic hydroxyl groups is 1. The van der Waals surface area contributed by atoms with E-state index in [0.29, 0.717) is 12.1 Å². The average Bonchev–Trinajstić information content (AvgIpc) is 2.40. The normalized spacial score (nSPS) is 31.1. The lowest BCUT2D eigenvalue weighted by molar-refractivity contribution is 0.222. The lowest BCUT2D eigenvalue weighted by Gasteiger charge is -2.22. The van der Waals surface area contributed by atoms with Crippen molar-refractivity contribution in [3.05, 3.63) is 0 Å². The highest BCUT2D eigenvalue weighted by Crippen LogP contribution is 2.22. The minimum Gasteiger partial charge on any atom is -0.395 e. The Hall–Kier alpha value is -0.0800. The van der Waals surface area contributed by atoms with Crippen molar-refractivity contribution in [2.75, 3.05) is 6.61 Å². The van der Waals surface area contributed by atoms with Crippen LogP contribution in [0.5, 0.6) is 0 Å². The molecule has 0 bridgehead atoms. The Morgan fingerprint density at radius 3 is 2.71 bits per heavy atom. The Kier molecular flexibility index (Phi) is 5.49. The van der Waals surface area contributed by atoms with E-state index in [2.05, 4.69) is 19.2 Å². The second kappa shape index (κ2) is 6.41. The molecular weight excluding hydrogens is 174 g/mol. The number of rotatable bonds is 4.